The van der Waals surface area contributed by atoms with Crippen molar-refractivity contribution in [3.63, 3.8) is 0 Å². The highest BCUT2D eigenvalue weighted by Gasteiger charge is 2.30. The minimum Gasteiger partial charge on any atom is -0.481 e. The smallest absolute Gasteiger partial charge is 0.410 e. The first-order valence-electron chi connectivity index (χ1n) is 16.8. The molecule has 2 aromatic heterocycles. The van der Waals surface area contributed by atoms with Crippen LogP contribution in [0.5, 0.6) is 0 Å². The minimum absolute atomic E-state index is 0.299. The molecule has 0 bridgehead atoms. The topological polar surface area (TPSA) is 133 Å². The largest absolute Gasteiger partial charge is 0.481 e. The number of carbonyl (C=O) groups excluding carboxylic acids is 1. The Balaban J connectivity index is 1.17. The van der Waals surface area contributed by atoms with Crippen LogP contribution in [0.4, 0.5) is 4.79 Å². The highest BCUT2D eigenvalue weighted by atomic mass is 32.1. The van der Waals surface area contributed by atoms with Gasteiger partial charge in [-0.25, -0.2) is 14.8 Å². The summed E-state index contributed by atoms with van der Waals surface area (Å²) in [6, 6.07) is 18.4. The maximum absolute atomic E-state index is 12.8. The van der Waals surface area contributed by atoms with Crippen molar-refractivity contribution < 1.29 is 23.8 Å². The Labute approximate surface area is 294 Å². The zero-order valence-corrected chi connectivity index (χ0v) is 29.7. The van der Waals surface area contributed by atoms with Crippen molar-refractivity contribution in [2.75, 3.05) is 19.6 Å². The van der Waals surface area contributed by atoms with E-state index in [4.69, 9.17) is 19.1 Å². The zero-order chi connectivity index (χ0) is 35.3. The van der Waals surface area contributed by atoms with E-state index in [1.54, 1.807) is 16.2 Å². The standard InChI is InChI=1S/C39H39N5O5S/c1-22-27(28-9-7-11-30(23(28)2)36-42-31-13-15-44(21-33(31)50-36)38(47)49-39(3,4)5)8-6-10-29(22)35-41-32-17-24(16-26(18-40)34(32)48-35)19-43-14-12-25(20-43)37(45)46/h6-11,16-17,25H,12-15,19-21H2,1-5H3,(H,45,46)/t25-/m0/s1. The molecule has 1 atom stereocenters. The monoisotopic (exact) mass is 689 g/mol. The maximum atomic E-state index is 12.8. The molecular formula is C39H39N5O5S. The molecule has 1 saturated heterocycles. The summed E-state index contributed by atoms with van der Waals surface area (Å²) < 4.78 is 11.9. The number of ether oxygens (including phenoxy) is 1. The molecule has 7 rings (SSSR count). The third-order valence-corrected chi connectivity index (χ3v) is 10.6. The summed E-state index contributed by atoms with van der Waals surface area (Å²) in [7, 11) is 0. The van der Waals surface area contributed by atoms with E-state index in [9.17, 15) is 20.0 Å². The fraction of sp³-hybridized carbons (Fsp3) is 0.359. The van der Waals surface area contributed by atoms with Gasteiger partial charge in [-0.2, -0.15) is 5.26 Å². The van der Waals surface area contributed by atoms with E-state index in [0.29, 0.717) is 68.1 Å². The number of nitriles is 1. The Bertz CT molecular complexity index is 2190. The van der Waals surface area contributed by atoms with E-state index >= 15 is 0 Å². The second-order valence-electron chi connectivity index (χ2n) is 14.2. The number of thiazole rings is 1. The number of benzene rings is 3. The van der Waals surface area contributed by atoms with Crippen LogP contribution in [0.1, 0.15) is 60.0 Å². The van der Waals surface area contributed by atoms with Crippen LogP contribution >= 0.6 is 11.3 Å². The Hall–Kier alpha value is -5.05. The predicted molar refractivity (Wildman–Crippen MR) is 192 cm³/mol. The highest BCUT2D eigenvalue weighted by molar-refractivity contribution is 7.15. The lowest BCUT2D eigenvalue weighted by Crippen LogP contribution is -2.39. The van der Waals surface area contributed by atoms with Gasteiger partial charge in [-0.3, -0.25) is 9.69 Å². The van der Waals surface area contributed by atoms with Gasteiger partial charge in [0.05, 0.1) is 23.7 Å². The molecule has 1 fully saturated rings. The van der Waals surface area contributed by atoms with E-state index in [2.05, 4.69) is 49.1 Å². The lowest BCUT2D eigenvalue weighted by atomic mass is 9.91. The summed E-state index contributed by atoms with van der Waals surface area (Å²) in [6.45, 7) is 12.6. The van der Waals surface area contributed by atoms with Crippen molar-refractivity contribution in [1.82, 2.24) is 19.8 Å². The first kappa shape index (κ1) is 33.4. The fourth-order valence-corrected chi connectivity index (χ4v) is 8.13. The molecule has 0 radical (unpaired) electrons. The molecule has 1 amide bonds. The molecule has 50 heavy (non-hydrogen) atoms. The fourth-order valence-electron chi connectivity index (χ4n) is 6.93. The maximum Gasteiger partial charge on any atom is 0.410 e. The van der Waals surface area contributed by atoms with Crippen molar-refractivity contribution in [3.05, 3.63) is 81.4 Å². The molecule has 1 N–H and O–H groups in total. The van der Waals surface area contributed by atoms with Gasteiger partial charge in [0.2, 0.25) is 5.89 Å². The average molecular weight is 690 g/mol. The van der Waals surface area contributed by atoms with Crippen molar-refractivity contribution in [2.24, 2.45) is 5.92 Å². The molecule has 0 aliphatic carbocycles. The molecule has 0 saturated carbocycles. The molecular weight excluding hydrogens is 651 g/mol. The lowest BCUT2D eigenvalue weighted by Gasteiger charge is -2.29. The van der Waals surface area contributed by atoms with Crippen LogP contribution in [0.2, 0.25) is 0 Å². The number of fused-ring (bicyclic) bond motifs is 2. The third kappa shape index (κ3) is 6.49. The normalized spacial score (nSPS) is 16.4. The number of carbonyl (C=O) groups is 2. The first-order valence-corrected chi connectivity index (χ1v) is 17.7. The van der Waals surface area contributed by atoms with Crippen molar-refractivity contribution in [1.29, 1.82) is 5.26 Å². The van der Waals surface area contributed by atoms with Crippen LogP contribution in [0, 0.1) is 31.1 Å². The first-order chi connectivity index (χ1) is 23.9. The van der Waals surface area contributed by atoms with Crippen LogP contribution in [0.25, 0.3) is 44.3 Å². The van der Waals surface area contributed by atoms with Crippen LogP contribution in [0.15, 0.2) is 52.9 Å². The number of amides is 1. The molecule has 0 unspecified atom stereocenters. The number of hydrogen-bond donors (Lipinski definition) is 1. The van der Waals surface area contributed by atoms with Crippen LogP contribution in [-0.4, -0.2) is 62.2 Å². The molecule has 4 heterocycles. The number of rotatable bonds is 6. The molecule has 10 nitrogen and oxygen atoms in total. The number of aromatic nitrogens is 2. The van der Waals surface area contributed by atoms with E-state index in [1.807, 2.05) is 45.0 Å². The average Bonchev–Trinajstić information content (AvgIpc) is 3.82. The predicted octanol–water partition coefficient (Wildman–Crippen LogP) is 7.97. The Morgan fingerprint density at radius 1 is 1.04 bits per heavy atom. The summed E-state index contributed by atoms with van der Waals surface area (Å²) in [5.74, 6) is -0.691. The Morgan fingerprint density at radius 2 is 1.74 bits per heavy atom. The SMILES string of the molecule is Cc1c(-c2nc3cc(CN4CC[C@H](C(=O)O)C4)cc(C#N)c3o2)cccc1-c1cccc(-c2nc3c(s2)CN(C(=O)OC(C)(C)C)CC3)c1C. The molecule has 11 heteroatoms. The number of nitrogens with zero attached hydrogens (tertiary/aromatic N) is 5. The number of oxazole rings is 1. The van der Waals surface area contributed by atoms with Crippen LogP contribution in [-0.2, 0) is 29.0 Å². The van der Waals surface area contributed by atoms with Crippen molar-refractivity contribution in [2.45, 2.75) is 66.2 Å². The van der Waals surface area contributed by atoms with Gasteiger partial charge in [0, 0.05) is 42.1 Å². The third-order valence-electron chi connectivity index (χ3n) is 9.50. The summed E-state index contributed by atoms with van der Waals surface area (Å²) in [4.78, 5) is 39.0. The Morgan fingerprint density at radius 3 is 2.42 bits per heavy atom. The van der Waals surface area contributed by atoms with Gasteiger partial charge in [-0.1, -0.05) is 30.3 Å². The van der Waals surface area contributed by atoms with E-state index in [-0.39, 0.29) is 12.0 Å². The van der Waals surface area contributed by atoms with E-state index in [1.165, 1.54) is 0 Å². The second-order valence-corrected chi connectivity index (χ2v) is 15.3. The molecule has 2 aliphatic heterocycles. The number of likely N-dealkylation sites (tertiary alicyclic amines) is 1. The van der Waals surface area contributed by atoms with Crippen molar-refractivity contribution in [3.8, 4) is 39.2 Å². The van der Waals surface area contributed by atoms with Gasteiger partial charge in [-0.15, -0.1) is 11.3 Å². The van der Waals surface area contributed by atoms with Gasteiger partial charge >= 0.3 is 12.1 Å². The van der Waals surface area contributed by atoms with Gasteiger partial charge in [0.15, 0.2) is 5.58 Å². The summed E-state index contributed by atoms with van der Waals surface area (Å²) >= 11 is 1.63. The summed E-state index contributed by atoms with van der Waals surface area (Å²) in [6.07, 6.45) is 1.01. The number of aliphatic carboxylic acids is 1. The molecule has 256 valence electrons. The quantitative estimate of drug-likeness (QED) is 0.188. The van der Waals surface area contributed by atoms with Crippen LogP contribution < -0.4 is 0 Å². The van der Waals surface area contributed by atoms with E-state index < -0.39 is 11.6 Å². The van der Waals surface area contributed by atoms with Crippen LogP contribution in [0.3, 0.4) is 0 Å². The van der Waals surface area contributed by atoms with E-state index in [0.717, 1.165) is 54.5 Å². The molecule has 0 spiro atoms. The lowest BCUT2D eigenvalue weighted by molar-refractivity contribution is -0.141. The summed E-state index contributed by atoms with van der Waals surface area (Å²) in [5.41, 5.74) is 8.95. The molecule has 3 aromatic carbocycles. The minimum atomic E-state index is -0.767. The Kier molecular flexibility index (Phi) is 8.70. The number of carboxylic acids is 1. The molecule has 2 aliphatic rings. The second kappa shape index (κ2) is 13.0. The van der Waals surface area contributed by atoms with Gasteiger partial charge in [-0.05, 0) is 93.6 Å². The van der Waals surface area contributed by atoms with Gasteiger partial charge < -0.3 is 19.2 Å². The molecule has 5 aromatic rings. The zero-order valence-electron chi connectivity index (χ0n) is 28.9. The van der Waals surface area contributed by atoms with Crippen molar-refractivity contribution >= 4 is 34.5 Å². The van der Waals surface area contributed by atoms with Gasteiger partial charge in [0.1, 0.15) is 22.2 Å². The summed E-state index contributed by atoms with van der Waals surface area (Å²) in [5, 5.41) is 20.3. The number of hydrogen-bond acceptors (Lipinski definition) is 9. The number of carboxylic acid groups (broad SMARTS) is 1. The van der Waals surface area contributed by atoms with Gasteiger partial charge in [0.25, 0.3) is 0 Å². The highest BCUT2D eigenvalue weighted by Crippen LogP contribution is 2.40.